The number of amides is 2. The van der Waals surface area contributed by atoms with Crippen molar-refractivity contribution in [1.29, 1.82) is 0 Å². The topological polar surface area (TPSA) is 85.4 Å². The van der Waals surface area contributed by atoms with Gasteiger partial charge in [-0.1, -0.05) is 29.8 Å². The van der Waals surface area contributed by atoms with Crippen LogP contribution in [-0.2, 0) is 17.8 Å². The highest BCUT2D eigenvalue weighted by Gasteiger charge is 2.36. The van der Waals surface area contributed by atoms with Gasteiger partial charge in [0.25, 0.3) is 0 Å². The largest absolute Gasteiger partial charge is 0.480 e. The van der Waals surface area contributed by atoms with Gasteiger partial charge in [-0.05, 0) is 35.9 Å². The molecule has 1 atom stereocenters. The average Bonchev–Trinajstić information content (AvgIpc) is 3.00. The molecule has 6 nitrogen and oxygen atoms in total. The van der Waals surface area contributed by atoms with Gasteiger partial charge in [-0.25, -0.2) is 9.59 Å². The molecule has 4 rings (SSSR count). The smallest absolute Gasteiger partial charge is 0.326 e. The zero-order valence-electron chi connectivity index (χ0n) is 13.7. The van der Waals surface area contributed by atoms with Crippen molar-refractivity contribution >= 4 is 40.2 Å². The van der Waals surface area contributed by atoms with E-state index in [0.29, 0.717) is 10.7 Å². The number of fused-ring (bicyclic) bond motifs is 3. The zero-order valence-corrected chi connectivity index (χ0v) is 14.5. The number of benzene rings is 2. The number of aliphatic carboxylic acids is 1. The van der Waals surface area contributed by atoms with Crippen LogP contribution in [-0.4, -0.2) is 33.0 Å². The normalized spacial score (nSPS) is 16.3. The number of hydrogen-bond donors (Lipinski definition) is 3. The van der Waals surface area contributed by atoms with E-state index in [4.69, 9.17) is 11.6 Å². The third kappa shape index (κ3) is 2.88. The van der Waals surface area contributed by atoms with Crippen LogP contribution in [0.4, 0.5) is 10.5 Å². The molecule has 0 radical (unpaired) electrons. The molecule has 0 fully saturated rings. The third-order valence-corrected chi connectivity index (χ3v) is 4.90. The molecule has 26 heavy (non-hydrogen) atoms. The van der Waals surface area contributed by atoms with Crippen LogP contribution in [0.2, 0.25) is 5.02 Å². The van der Waals surface area contributed by atoms with Gasteiger partial charge in [0.05, 0.1) is 6.54 Å². The number of carbonyl (C=O) groups is 2. The first-order chi connectivity index (χ1) is 12.5. The maximum absolute atomic E-state index is 12.7. The molecule has 1 aliphatic heterocycles. The summed E-state index contributed by atoms with van der Waals surface area (Å²) in [7, 11) is 0. The molecule has 0 saturated heterocycles. The molecule has 0 saturated carbocycles. The quantitative estimate of drug-likeness (QED) is 0.641. The number of urea groups is 1. The van der Waals surface area contributed by atoms with Gasteiger partial charge in [0.15, 0.2) is 0 Å². The minimum absolute atomic E-state index is 0.209. The van der Waals surface area contributed by atoms with Crippen molar-refractivity contribution in [2.24, 2.45) is 0 Å². The molecule has 132 valence electrons. The van der Waals surface area contributed by atoms with E-state index in [1.165, 1.54) is 4.90 Å². The van der Waals surface area contributed by atoms with E-state index in [0.717, 1.165) is 22.2 Å². The SMILES string of the molecule is O=C(O)C1Cc2c([nH]c3ccccc23)CN1C(=O)Nc1ccc(Cl)cc1. The number of nitrogens with one attached hydrogen (secondary N) is 2. The fraction of sp³-hybridized carbons (Fsp3) is 0.158. The molecule has 0 spiro atoms. The Labute approximate surface area is 154 Å². The van der Waals surface area contributed by atoms with Crippen LogP contribution in [0.1, 0.15) is 11.3 Å². The summed E-state index contributed by atoms with van der Waals surface area (Å²) in [5, 5.41) is 14.0. The third-order valence-electron chi connectivity index (χ3n) is 4.65. The maximum Gasteiger partial charge on any atom is 0.326 e. The van der Waals surface area contributed by atoms with Gasteiger partial charge < -0.3 is 20.3 Å². The van der Waals surface area contributed by atoms with Crippen molar-refractivity contribution in [3.63, 3.8) is 0 Å². The van der Waals surface area contributed by atoms with E-state index in [1.807, 2.05) is 24.3 Å². The highest BCUT2D eigenvalue weighted by atomic mass is 35.5. The van der Waals surface area contributed by atoms with Crippen LogP contribution in [0.5, 0.6) is 0 Å². The number of halogens is 1. The predicted octanol–water partition coefficient (Wildman–Crippen LogP) is 3.86. The van der Waals surface area contributed by atoms with Crippen LogP contribution in [0.25, 0.3) is 10.9 Å². The fourth-order valence-electron chi connectivity index (χ4n) is 3.37. The molecule has 3 aromatic rings. The minimum Gasteiger partial charge on any atom is -0.480 e. The number of carbonyl (C=O) groups excluding carboxylic acids is 1. The summed E-state index contributed by atoms with van der Waals surface area (Å²) in [4.78, 5) is 29.1. The second-order valence-corrected chi connectivity index (χ2v) is 6.69. The summed E-state index contributed by atoms with van der Waals surface area (Å²) in [5.41, 5.74) is 3.34. The maximum atomic E-state index is 12.7. The van der Waals surface area contributed by atoms with Gasteiger partial charge in [0.2, 0.25) is 0 Å². The van der Waals surface area contributed by atoms with Crippen molar-refractivity contribution in [2.45, 2.75) is 19.0 Å². The number of carboxylic acid groups (broad SMARTS) is 1. The van der Waals surface area contributed by atoms with Crippen LogP contribution in [0.15, 0.2) is 48.5 Å². The van der Waals surface area contributed by atoms with E-state index in [2.05, 4.69) is 10.3 Å². The number of rotatable bonds is 2. The summed E-state index contributed by atoms with van der Waals surface area (Å²) in [6, 6.07) is 13.1. The first-order valence-corrected chi connectivity index (χ1v) is 8.55. The number of hydrogen-bond acceptors (Lipinski definition) is 2. The zero-order chi connectivity index (χ0) is 18.3. The lowest BCUT2D eigenvalue weighted by Gasteiger charge is -2.33. The molecule has 2 aromatic carbocycles. The molecular formula is C19H16ClN3O3. The summed E-state index contributed by atoms with van der Waals surface area (Å²) in [5.74, 6) is -1.02. The molecule has 2 amide bonds. The lowest BCUT2D eigenvalue weighted by molar-refractivity contribution is -0.142. The summed E-state index contributed by atoms with van der Waals surface area (Å²) in [6.07, 6.45) is 0.267. The Balaban J connectivity index is 1.65. The Kier molecular flexibility index (Phi) is 4.05. The number of carboxylic acids is 1. The molecule has 3 N–H and O–H groups in total. The van der Waals surface area contributed by atoms with Gasteiger partial charge >= 0.3 is 12.0 Å². The van der Waals surface area contributed by atoms with E-state index < -0.39 is 18.0 Å². The summed E-state index contributed by atoms with van der Waals surface area (Å²) in [6.45, 7) is 0.209. The standard InChI is InChI=1S/C19H16ClN3O3/c20-11-5-7-12(8-6-11)21-19(26)23-10-16-14(9-17(23)18(24)25)13-3-1-2-4-15(13)22-16/h1-8,17,22H,9-10H2,(H,21,26)(H,24,25). The van der Waals surface area contributed by atoms with E-state index in [-0.39, 0.29) is 13.0 Å². The van der Waals surface area contributed by atoms with Crippen molar-refractivity contribution in [3.8, 4) is 0 Å². The highest BCUT2D eigenvalue weighted by molar-refractivity contribution is 6.30. The first-order valence-electron chi connectivity index (χ1n) is 8.17. The monoisotopic (exact) mass is 369 g/mol. The number of para-hydroxylation sites is 1. The number of aromatic amines is 1. The number of nitrogens with zero attached hydrogens (tertiary/aromatic N) is 1. The molecule has 0 bridgehead atoms. The van der Waals surface area contributed by atoms with E-state index in [1.54, 1.807) is 24.3 Å². The van der Waals surface area contributed by atoms with Crippen molar-refractivity contribution in [3.05, 3.63) is 64.8 Å². The molecule has 1 unspecified atom stereocenters. The lowest BCUT2D eigenvalue weighted by Crippen LogP contribution is -2.50. The number of aromatic nitrogens is 1. The lowest BCUT2D eigenvalue weighted by atomic mass is 9.97. The van der Waals surface area contributed by atoms with Crippen LogP contribution >= 0.6 is 11.6 Å². The molecule has 1 aromatic heterocycles. The Hall–Kier alpha value is -2.99. The Morgan fingerprint density at radius 3 is 2.62 bits per heavy atom. The van der Waals surface area contributed by atoms with Crippen molar-refractivity contribution in [2.75, 3.05) is 5.32 Å². The van der Waals surface area contributed by atoms with E-state index in [9.17, 15) is 14.7 Å². The summed E-state index contributed by atoms with van der Waals surface area (Å²) >= 11 is 5.85. The number of H-pyrrole nitrogens is 1. The van der Waals surface area contributed by atoms with Gasteiger partial charge in [-0.2, -0.15) is 0 Å². The molecule has 0 aliphatic carbocycles. The highest BCUT2D eigenvalue weighted by Crippen LogP contribution is 2.30. The van der Waals surface area contributed by atoms with Gasteiger partial charge in [0.1, 0.15) is 6.04 Å². The first kappa shape index (κ1) is 16.5. The molecular weight excluding hydrogens is 354 g/mol. The second kappa shape index (κ2) is 6.38. The Bertz CT molecular complexity index is 997. The average molecular weight is 370 g/mol. The van der Waals surface area contributed by atoms with Gasteiger partial charge in [-0.3, -0.25) is 0 Å². The second-order valence-electron chi connectivity index (χ2n) is 6.25. The van der Waals surface area contributed by atoms with Crippen LogP contribution in [0, 0.1) is 0 Å². The van der Waals surface area contributed by atoms with Crippen molar-refractivity contribution < 1.29 is 14.7 Å². The predicted molar refractivity (Wildman–Crippen MR) is 99.4 cm³/mol. The number of anilines is 1. The van der Waals surface area contributed by atoms with Crippen LogP contribution in [0.3, 0.4) is 0 Å². The fourth-order valence-corrected chi connectivity index (χ4v) is 3.50. The molecule has 7 heteroatoms. The van der Waals surface area contributed by atoms with Crippen molar-refractivity contribution in [1.82, 2.24) is 9.88 Å². The van der Waals surface area contributed by atoms with Gasteiger partial charge in [-0.15, -0.1) is 0 Å². The van der Waals surface area contributed by atoms with Crippen LogP contribution < -0.4 is 5.32 Å². The summed E-state index contributed by atoms with van der Waals surface area (Å²) < 4.78 is 0. The Morgan fingerprint density at radius 1 is 1.15 bits per heavy atom. The molecule has 2 heterocycles. The molecule has 1 aliphatic rings. The van der Waals surface area contributed by atoms with Gasteiger partial charge in [0, 0.05) is 33.7 Å². The minimum atomic E-state index is -1.02. The van der Waals surface area contributed by atoms with E-state index >= 15 is 0 Å². The Morgan fingerprint density at radius 2 is 1.88 bits per heavy atom.